The average molecular weight is 453 g/mol. The highest BCUT2D eigenvalue weighted by molar-refractivity contribution is 5.88. The van der Waals surface area contributed by atoms with Gasteiger partial charge in [0.05, 0.1) is 0 Å². The molecule has 5 nitrogen and oxygen atoms in total. The molecule has 0 radical (unpaired) electrons. The number of carbonyl (C=O) groups excluding carboxylic acids is 2. The molecule has 172 valence electrons. The van der Waals surface area contributed by atoms with Gasteiger partial charge in [-0.2, -0.15) is 0 Å². The number of likely N-dealkylation sites (N-methyl/N-ethyl adjacent to an activating group) is 1. The number of carbonyl (C=O) groups is 2. The van der Waals surface area contributed by atoms with E-state index in [1.54, 1.807) is 19.1 Å². The zero-order valence-corrected chi connectivity index (χ0v) is 18.3. The fourth-order valence-electron chi connectivity index (χ4n) is 3.39. The van der Waals surface area contributed by atoms with Gasteiger partial charge in [-0.15, -0.1) is 0 Å². The summed E-state index contributed by atoms with van der Waals surface area (Å²) in [7, 11) is 0. The van der Waals surface area contributed by atoms with Crippen LogP contribution in [-0.4, -0.2) is 35.9 Å². The summed E-state index contributed by atoms with van der Waals surface area (Å²) in [5.41, 5.74) is 1.57. The van der Waals surface area contributed by atoms with Crippen LogP contribution in [0.3, 0.4) is 0 Å². The summed E-state index contributed by atoms with van der Waals surface area (Å²) >= 11 is 0. The maximum Gasteiger partial charge on any atom is 0.261 e. The Morgan fingerprint density at radius 3 is 2.09 bits per heavy atom. The third-order valence-electron chi connectivity index (χ3n) is 5.06. The lowest BCUT2D eigenvalue weighted by Crippen LogP contribution is -2.51. The lowest BCUT2D eigenvalue weighted by atomic mass is 10.0. The Balaban J connectivity index is 1.87. The van der Waals surface area contributed by atoms with Crippen molar-refractivity contribution in [2.75, 3.05) is 13.2 Å². The molecule has 3 aromatic rings. The lowest BCUT2D eigenvalue weighted by molar-refractivity contribution is -0.142. The highest BCUT2D eigenvalue weighted by Crippen LogP contribution is 2.17. The summed E-state index contributed by atoms with van der Waals surface area (Å²) in [6.07, 6.45) is 0.302. The van der Waals surface area contributed by atoms with Crippen molar-refractivity contribution in [3.05, 3.63) is 102 Å². The summed E-state index contributed by atoms with van der Waals surface area (Å²) < 4.78 is 32.1. The van der Waals surface area contributed by atoms with Gasteiger partial charge >= 0.3 is 0 Å². The van der Waals surface area contributed by atoms with Crippen molar-refractivity contribution >= 4 is 11.8 Å². The summed E-state index contributed by atoms with van der Waals surface area (Å²) in [6.45, 7) is 1.98. The molecule has 33 heavy (non-hydrogen) atoms. The topological polar surface area (TPSA) is 58.6 Å². The number of amides is 2. The number of hydrogen-bond donors (Lipinski definition) is 1. The number of hydrogen-bond acceptors (Lipinski definition) is 3. The normalized spacial score (nSPS) is 11.5. The second-order valence-corrected chi connectivity index (χ2v) is 7.49. The molecule has 1 N–H and O–H groups in total. The van der Waals surface area contributed by atoms with E-state index in [0.717, 1.165) is 5.56 Å². The van der Waals surface area contributed by atoms with Crippen LogP contribution < -0.4 is 10.1 Å². The number of nitrogens with zero attached hydrogens (tertiary/aromatic N) is 1. The van der Waals surface area contributed by atoms with Crippen molar-refractivity contribution in [2.24, 2.45) is 0 Å². The van der Waals surface area contributed by atoms with Crippen molar-refractivity contribution in [3.63, 3.8) is 0 Å². The Bertz CT molecular complexity index is 1040. The molecule has 0 saturated carbocycles. The van der Waals surface area contributed by atoms with E-state index in [0.29, 0.717) is 24.3 Å². The first-order valence-corrected chi connectivity index (χ1v) is 10.7. The van der Waals surface area contributed by atoms with Crippen LogP contribution in [0.25, 0.3) is 0 Å². The van der Waals surface area contributed by atoms with E-state index in [1.807, 2.05) is 30.3 Å². The van der Waals surface area contributed by atoms with Gasteiger partial charge in [-0.1, -0.05) is 42.5 Å². The molecular weight excluding hydrogens is 426 g/mol. The van der Waals surface area contributed by atoms with Gasteiger partial charge in [0.1, 0.15) is 23.4 Å². The van der Waals surface area contributed by atoms with Crippen LogP contribution in [0.1, 0.15) is 18.1 Å². The van der Waals surface area contributed by atoms with Crippen molar-refractivity contribution in [1.29, 1.82) is 0 Å². The van der Waals surface area contributed by atoms with E-state index < -0.39 is 17.8 Å². The molecule has 0 aliphatic rings. The largest absolute Gasteiger partial charge is 0.484 e. The van der Waals surface area contributed by atoms with Gasteiger partial charge in [0.25, 0.3) is 5.91 Å². The van der Waals surface area contributed by atoms with Gasteiger partial charge in [-0.3, -0.25) is 9.59 Å². The summed E-state index contributed by atoms with van der Waals surface area (Å²) in [4.78, 5) is 27.7. The molecule has 7 heteroatoms. The first-order chi connectivity index (χ1) is 16.0. The van der Waals surface area contributed by atoms with Gasteiger partial charge in [0.15, 0.2) is 6.61 Å². The first kappa shape index (κ1) is 23.9. The minimum Gasteiger partial charge on any atom is -0.484 e. The van der Waals surface area contributed by atoms with E-state index >= 15 is 0 Å². The molecule has 0 spiro atoms. The van der Waals surface area contributed by atoms with Crippen molar-refractivity contribution < 1.29 is 23.1 Å². The molecule has 0 aromatic heterocycles. The molecule has 0 fully saturated rings. The maximum absolute atomic E-state index is 13.4. The number of nitrogens with one attached hydrogen (secondary N) is 1. The fourth-order valence-corrected chi connectivity index (χ4v) is 3.39. The highest BCUT2D eigenvalue weighted by Gasteiger charge is 2.30. The standard InChI is InChI=1S/C26H26F2N2O3/c1-2-29-26(32)24(16-19-6-4-3-5-7-19)30(17-20-8-10-21(27)11-9-20)25(31)18-33-23-14-12-22(28)13-15-23/h3-15,24H,2,16-18H2,1H3,(H,29,32)/t24-/m1/s1. The Labute approximate surface area is 192 Å². The second-order valence-electron chi connectivity index (χ2n) is 7.49. The molecule has 1 atom stereocenters. The van der Waals surface area contributed by atoms with Crippen molar-refractivity contribution in [3.8, 4) is 5.75 Å². The average Bonchev–Trinajstić information content (AvgIpc) is 2.82. The smallest absolute Gasteiger partial charge is 0.261 e. The molecule has 0 bridgehead atoms. The van der Waals surface area contributed by atoms with Crippen LogP contribution in [0, 0.1) is 11.6 Å². The number of benzene rings is 3. The second kappa shape index (κ2) is 11.8. The minimum absolute atomic E-state index is 0.0977. The third-order valence-corrected chi connectivity index (χ3v) is 5.06. The van der Waals surface area contributed by atoms with Crippen LogP contribution in [0.2, 0.25) is 0 Å². The van der Waals surface area contributed by atoms with Crippen LogP contribution in [0.5, 0.6) is 5.75 Å². The predicted molar refractivity (Wildman–Crippen MR) is 121 cm³/mol. The lowest BCUT2D eigenvalue weighted by Gasteiger charge is -2.31. The predicted octanol–water partition coefficient (Wildman–Crippen LogP) is 4.12. The Hall–Kier alpha value is -3.74. The minimum atomic E-state index is -0.804. The Morgan fingerprint density at radius 1 is 0.879 bits per heavy atom. The summed E-state index contributed by atoms with van der Waals surface area (Å²) in [6, 6.07) is 19.7. The zero-order chi connectivity index (χ0) is 23.6. The number of ether oxygens (including phenoxy) is 1. The van der Waals surface area contributed by atoms with Crippen LogP contribution in [0.15, 0.2) is 78.9 Å². The van der Waals surface area contributed by atoms with Crippen LogP contribution in [0.4, 0.5) is 8.78 Å². The third kappa shape index (κ3) is 7.14. The van der Waals surface area contributed by atoms with Crippen molar-refractivity contribution in [1.82, 2.24) is 10.2 Å². The molecular formula is C26H26F2N2O3. The Morgan fingerprint density at radius 2 is 1.48 bits per heavy atom. The Kier molecular flexibility index (Phi) is 8.52. The first-order valence-electron chi connectivity index (χ1n) is 10.7. The van der Waals surface area contributed by atoms with E-state index in [2.05, 4.69) is 5.32 Å². The monoisotopic (exact) mass is 452 g/mol. The molecule has 0 aliphatic heterocycles. The van der Waals surface area contributed by atoms with E-state index in [4.69, 9.17) is 4.74 Å². The molecule has 0 aliphatic carbocycles. The summed E-state index contributed by atoms with van der Waals surface area (Å²) in [5, 5.41) is 2.80. The molecule has 3 rings (SSSR count). The van der Waals surface area contributed by atoms with Crippen molar-refractivity contribution in [2.45, 2.75) is 25.9 Å². The molecule has 0 heterocycles. The quantitative estimate of drug-likeness (QED) is 0.504. The van der Waals surface area contributed by atoms with E-state index in [-0.39, 0.29) is 24.9 Å². The van der Waals surface area contributed by atoms with Gasteiger partial charge in [0.2, 0.25) is 5.91 Å². The van der Waals surface area contributed by atoms with Gasteiger partial charge in [0, 0.05) is 19.5 Å². The van der Waals surface area contributed by atoms with Crippen LogP contribution >= 0.6 is 0 Å². The molecule has 2 amide bonds. The molecule has 0 unspecified atom stereocenters. The molecule has 3 aromatic carbocycles. The number of rotatable bonds is 10. The number of halogens is 2. The van der Waals surface area contributed by atoms with Gasteiger partial charge in [-0.25, -0.2) is 8.78 Å². The van der Waals surface area contributed by atoms with Gasteiger partial charge < -0.3 is 15.0 Å². The maximum atomic E-state index is 13.4. The van der Waals surface area contributed by atoms with E-state index in [9.17, 15) is 18.4 Å². The zero-order valence-electron chi connectivity index (χ0n) is 18.3. The fraction of sp³-hybridized carbons (Fsp3) is 0.231. The van der Waals surface area contributed by atoms with Crippen LogP contribution in [-0.2, 0) is 22.6 Å². The SMILES string of the molecule is CCNC(=O)[C@@H](Cc1ccccc1)N(Cc1ccc(F)cc1)C(=O)COc1ccc(F)cc1. The van der Waals surface area contributed by atoms with E-state index in [1.165, 1.54) is 41.3 Å². The van der Waals surface area contributed by atoms with Gasteiger partial charge in [-0.05, 0) is 54.4 Å². The summed E-state index contributed by atoms with van der Waals surface area (Å²) in [5.74, 6) is -1.18. The highest BCUT2D eigenvalue weighted by atomic mass is 19.1. The molecule has 0 saturated heterocycles.